The van der Waals surface area contributed by atoms with Gasteiger partial charge in [0.15, 0.2) is 0 Å². The number of hydrogen-bond donors (Lipinski definition) is 0. The summed E-state index contributed by atoms with van der Waals surface area (Å²) in [6.45, 7) is 4.34. The van der Waals surface area contributed by atoms with E-state index in [9.17, 15) is 8.42 Å². The van der Waals surface area contributed by atoms with Gasteiger partial charge in [-0.2, -0.15) is 4.31 Å². The van der Waals surface area contributed by atoms with Crippen LogP contribution in [0.4, 0.5) is 0 Å². The lowest BCUT2D eigenvalue weighted by molar-refractivity contribution is -0.0720. The third kappa shape index (κ3) is 3.10. The molecule has 0 radical (unpaired) electrons. The molecule has 0 bridgehead atoms. The summed E-state index contributed by atoms with van der Waals surface area (Å²) in [7, 11) is -0.103. The molecule has 6 nitrogen and oxygen atoms in total. The molecule has 0 N–H and O–H groups in total. The minimum Gasteiger partial charge on any atom is -0.495 e. The highest BCUT2D eigenvalue weighted by atomic mass is 32.2. The lowest BCUT2D eigenvalue weighted by Crippen LogP contribution is -2.60. The summed E-state index contributed by atoms with van der Waals surface area (Å²) >= 11 is 0. The molecule has 23 heavy (non-hydrogen) atoms. The molecule has 0 saturated carbocycles. The van der Waals surface area contributed by atoms with Gasteiger partial charge in [-0.05, 0) is 38.1 Å². The lowest BCUT2D eigenvalue weighted by Gasteiger charge is -2.45. The van der Waals surface area contributed by atoms with Crippen molar-refractivity contribution < 1.29 is 17.9 Å². The Bertz CT molecular complexity index is 677. The maximum atomic E-state index is 13.3. The number of hydrogen-bond acceptors (Lipinski definition) is 5. The van der Waals surface area contributed by atoms with E-state index in [1.165, 1.54) is 7.11 Å². The molecule has 0 spiro atoms. The van der Waals surface area contributed by atoms with Gasteiger partial charge in [-0.3, -0.25) is 0 Å². The monoisotopic (exact) mass is 340 g/mol. The van der Waals surface area contributed by atoms with Gasteiger partial charge in [0.2, 0.25) is 10.0 Å². The zero-order chi connectivity index (χ0) is 16.6. The number of rotatable bonds is 3. The molecule has 128 valence electrons. The Kier molecular flexibility index (Phi) is 4.64. The molecule has 2 aliphatic rings. The van der Waals surface area contributed by atoms with Crippen molar-refractivity contribution in [2.24, 2.45) is 0 Å². The van der Waals surface area contributed by atoms with Crippen molar-refractivity contribution in [3.63, 3.8) is 0 Å². The zero-order valence-electron chi connectivity index (χ0n) is 13.9. The summed E-state index contributed by atoms with van der Waals surface area (Å²) in [5.41, 5.74) is 0.898. The summed E-state index contributed by atoms with van der Waals surface area (Å²) in [6.07, 6.45) is 0.837. The van der Waals surface area contributed by atoms with Gasteiger partial charge >= 0.3 is 0 Å². The second-order valence-corrected chi connectivity index (χ2v) is 8.16. The van der Waals surface area contributed by atoms with Gasteiger partial charge in [-0.1, -0.05) is 6.07 Å². The van der Waals surface area contributed by atoms with Crippen LogP contribution in [0.1, 0.15) is 12.0 Å². The number of likely N-dealkylation sites (tertiary alicyclic amines) is 1. The average molecular weight is 340 g/mol. The van der Waals surface area contributed by atoms with Crippen LogP contribution in [0.25, 0.3) is 0 Å². The van der Waals surface area contributed by atoms with Gasteiger partial charge < -0.3 is 14.4 Å². The van der Waals surface area contributed by atoms with Crippen molar-refractivity contribution in [3.8, 4) is 5.75 Å². The molecule has 0 unspecified atom stereocenters. The third-order valence-electron chi connectivity index (χ3n) is 4.64. The largest absolute Gasteiger partial charge is 0.495 e. The molecule has 2 aliphatic heterocycles. The summed E-state index contributed by atoms with van der Waals surface area (Å²) in [6, 6.07) is 5.12. The van der Waals surface area contributed by atoms with Crippen molar-refractivity contribution in [2.45, 2.75) is 30.4 Å². The van der Waals surface area contributed by atoms with Crippen molar-refractivity contribution in [1.29, 1.82) is 0 Å². The molecule has 2 saturated heterocycles. The maximum Gasteiger partial charge on any atom is 0.247 e. The number of methoxy groups -OCH3 is 1. The number of benzene rings is 1. The fourth-order valence-electron chi connectivity index (χ4n) is 3.41. The Labute approximate surface area is 138 Å². The van der Waals surface area contributed by atoms with E-state index in [1.807, 2.05) is 20.0 Å². The Hall–Kier alpha value is -1.15. The number of morpholine rings is 1. The van der Waals surface area contributed by atoms with E-state index in [-0.39, 0.29) is 17.0 Å². The van der Waals surface area contributed by atoms with Crippen molar-refractivity contribution >= 4 is 10.0 Å². The molecule has 0 aliphatic carbocycles. The number of ether oxygens (including phenoxy) is 2. The Morgan fingerprint density at radius 2 is 2.09 bits per heavy atom. The SMILES string of the molecule is COc1ccc(C)cc1S(=O)(=O)N1CCO[C@H]2CCN(C)C[C@H]21. The summed E-state index contributed by atoms with van der Waals surface area (Å²) in [5, 5.41) is 0. The van der Waals surface area contributed by atoms with E-state index in [0.29, 0.717) is 25.4 Å². The van der Waals surface area contributed by atoms with Crippen LogP contribution in [0, 0.1) is 6.92 Å². The number of likely N-dealkylation sites (N-methyl/N-ethyl adjacent to an activating group) is 1. The molecular formula is C16H24N2O4S. The second kappa shape index (κ2) is 6.39. The molecular weight excluding hydrogens is 316 g/mol. The minimum atomic E-state index is -3.62. The summed E-state index contributed by atoms with van der Waals surface area (Å²) in [5.74, 6) is 0.391. The third-order valence-corrected chi connectivity index (χ3v) is 6.59. The quantitative estimate of drug-likeness (QED) is 0.825. The van der Waals surface area contributed by atoms with E-state index >= 15 is 0 Å². The highest BCUT2D eigenvalue weighted by Gasteiger charge is 2.43. The van der Waals surface area contributed by atoms with Crippen LogP contribution < -0.4 is 4.74 Å². The van der Waals surface area contributed by atoms with Gasteiger partial charge in [0.25, 0.3) is 0 Å². The number of aryl methyl sites for hydroxylation is 1. The first-order valence-electron chi connectivity index (χ1n) is 7.90. The number of fused-ring (bicyclic) bond motifs is 1. The van der Waals surface area contributed by atoms with Crippen LogP contribution in [0.5, 0.6) is 5.75 Å². The Morgan fingerprint density at radius 3 is 2.83 bits per heavy atom. The van der Waals surface area contributed by atoms with E-state index in [1.54, 1.807) is 16.4 Å². The molecule has 3 rings (SSSR count). The Morgan fingerprint density at radius 1 is 1.30 bits per heavy atom. The van der Waals surface area contributed by atoms with Gasteiger partial charge in [-0.15, -0.1) is 0 Å². The van der Waals surface area contributed by atoms with Crippen molar-refractivity contribution in [3.05, 3.63) is 23.8 Å². The average Bonchev–Trinajstić information content (AvgIpc) is 2.54. The van der Waals surface area contributed by atoms with Crippen LogP contribution in [-0.4, -0.2) is 70.2 Å². The first kappa shape index (κ1) is 16.7. The molecule has 1 aromatic carbocycles. The molecule has 2 fully saturated rings. The number of sulfonamides is 1. The van der Waals surface area contributed by atoms with Crippen LogP contribution >= 0.6 is 0 Å². The summed E-state index contributed by atoms with van der Waals surface area (Å²) in [4.78, 5) is 2.40. The van der Waals surface area contributed by atoms with Crippen molar-refractivity contribution in [2.75, 3.05) is 40.4 Å². The molecule has 1 aromatic rings. The zero-order valence-corrected chi connectivity index (χ0v) is 14.7. The topological polar surface area (TPSA) is 59.1 Å². The highest BCUT2D eigenvalue weighted by Crippen LogP contribution is 2.32. The van der Waals surface area contributed by atoms with Gasteiger partial charge in [-0.25, -0.2) is 8.42 Å². The number of piperidine rings is 1. The fraction of sp³-hybridized carbons (Fsp3) is 0.625. The number of nitrogens with zero attached hydrogens (tertiary/aromatic N) is 2. The molecule has 0 amide bonds. The highest BCUT2D eigenvalue weighted by molar-refractivity contribution is 7.89. The van der Waals surface area contributed by atoms with Gasteiger partial charge in [0.1, 0.15) is 10.6 Å². The van der Waals surface area contributed by atoms with Crippen LogP contribution in [-0.2, 0) is 14.8 Å². The van der Waals surface area contributed by atoms with Crippen LogP contribution in [0.3, 0.4) is 0 Å². The smallest absolute Gasteiger partial charge is 0.247 e. The van der Waals surface area contributed by atoms with E-state index in [0.717, 1.165) is 18.5 Å². The Balaban J connectivity index is 1.99. The van der Waals surface area contributed by atoms with Gasteiger partial charge in [0.05, 0.1) is 25.9 Å². The molecule has 0 aromatic heterocycles. The standard InChI is InChI=1S/C16H24N2O4S/c1-12-4-5-15(21-3)16(10-12)23(19,20)18-8-9-22-14-6-7-17(2)11-13(14)18/h4-5,10,13-14H,6-9,11H2,1-3H3/t13-,14+/m1/s1. The van der Waals surface area contributed by atoms with E-state index < -0.39 is 10.0 Å². The molecule has 2 atom stereocenters. The van der Waals surface area contributed by atoms with Crippen molar-refractivity contribution in [1.82, 2.24) is 9.21 Å². The maximum absolute atomic E-state index is 13.3. The summed E-state index contributed by atoms with van der Waals surface area (Å²) < 4.78 is 39.2. The van der Waals surface area contributed by atoms with E-state index in [2.05, 4.69) is 4.90 Å². The second-order valence-electron chi connectivity index (χ2n) is 6.30. The molecule has 2 heterocycles. The first-order chi connectivity index (χ1) is 10.9. The normalized spacial score (nSPS) is 26.7. The van der Waals surface area contributed by atoms with Gasteiger partial charge in [0, 0.05) is 19.6 Å². The van der Waals surface area contributed by atoms with Crippen LogP contribution in [0.15, 0.2) is 23.1 Å². The van der Waals surface area contributed by atoms with Crippen LogP contribution in [0.2, 0.25) is 0 Å². The molecule has 7 heteroatoms. The lowest BCUT2D eigenvalue weighted by atomic mass is 10.0. The fourth-order valence-corrected chi connectivity index (χ4v) is 5.28. The predicted octanol–water partition coefficient (Wildman–Crippen LogP) is 1.10. The predicted molar refractivity (Wildman–Crippen MR) is 87.3 cm³/mol. The minimum absolute atomic E-state index is 0.0227. The van der Waals surface area contributed by atoms with E-state index in [4.69, 9.17) is 9.47 Å². The first-order valence-corrected chi connectivity index (χ1v) is 9.34.